The van der Waals surface area contributed by atoms with Crippen molar-refractivity contribution in [2.24, 2.45) is 22.1 Å². The first-order valence-electron chi connectivity index (χ1n) is 9.54. The van der Waals surface area contributed by atoms with E-state index in [-0.39, 0.29) is 6.04 Å². The van der Waals surface area contributed by atoms with E-state index >= 15 is 0 Å². The SMILES string of the molecule is N=Cc1c(N)ccc2c1C1C3CCC(C3)C1C(c1ccc(N)c(N=S)c1)N2. The summed E-state index contributed by atoms with van der Waals surface area (Å²) < 4.78 is 3.93. The zero-order valence-electron chi connectivity index (χ0n) is 15.0. The second-order valence-electron chi connectivity index (χ2n) is 8.14. The minimum atomic E-state index is 0.205. The smallest absolute Gasteiger partial charge is 0.100 e. The molecule has 1 heterocycles. The summed E-state index contributed by atoms with van der Waals surface area (Å²) in [6, 6.07) is 10.2. The third-order valence-electron chi connectivity index (χ3n) is 6.99. The molecule has 0 radical (unpaired) electrons. The van der Waals surface area contributed by atoms with Crippen molar-refractivity contribution < 1.29 is 0 Å². The summed E-state index contributed by atoms with van der Waals surface area (Å²) in [4.78, 5) is 0. The Labute approximate surface area is 164 Å². The molecule has 3 aliphatic rings. The van der Waals surface area contributed by atoms with Crippen molar-refractivity contribution in [1.29, 1.82) is 5.41 Å². The number of nitrogens with one attached hydrogen (secondary N) is 2. The van der Waals surface area contributed by atoms with E-state index in [9.17, 15) is 0 Å². The molecular formula is C21H23N5S. The summed E-state index contributed by atoms with van der Waals surface area (Å²) >= 11 is 4.91. The number of hydrogen-bond donors (Lipinski definition) is 4. The number of rotatable bonds is 3. The molecule has 2 fully saturated rings. The molecule has 5 nitrogen and oxygen atoms in total. The summed E-state index contributed by atoms with van der Waals surface area (Å²) in [5.41, 5.74) is 18.7. The summed E-state index contributed by atoms with van der Waals surface area (Å²) in [5.74, 6) is 2.33. The number of nitrogen functional groups attached to an aromatic ring is 2. The van der Waals surface area contributed by atoms with Gasteiger partial charge in [0.1, 0.15) is 5.69 Å². The molecule has 2 aromatic carbocycles. The largest absolute Gasteiger partial charge is 0.398 e. The highest BCUT2D eigenvalue weighted by molar-refractivity contribution is 7.47. The van der Waals surface area contributed by atoms with Gasteiger partial charge < -0.3 is 22.2 Å². The average Bonchev–Trinajstić information content (AvgIpc) is 3.30. The average molecular weight is 378 g/mol. The van der Waals surface area contributed by atoms with Crippen molar-refractivity contribution in [3.05, 3.63) is 47.0 Å². The quantitative estimate of drug-likeness (QED) is 0.467. The first-order valence-corrected chi connectivity index (χ1v) is 9.91. The van der Waals surface area contributed by atoms with Crippen LogP contribution in [0.4, 0.5) is 22.7 Å². The molecule has 1 aliphatic heterocycles. The molecular weight excluding hydrogens is 354 g/mol. The minimum Gasteiger partial charge on any atom is -0.398 e. The van der Waals surface area contributed by atoms with Crippen molar-refractivity contribution in [3.63, 3.8) is 0 Å². The number of benzene rings is 2. The van der Waals surface area contributed by atoms with Crippen LogP contribution in [0.2, 0.25) is 0 Å². The highest BCUT2D eigenvalue weighted by Gasteiger charge is 2.54. The van der Waals surface area contributed by atoms with Crippen LogP contribution in [0.1, 0.15) is 47.9 Å². The van der Waals surface area contributed by atoms with Crippen LogP contribution in [0.25, 0.3) is 0 Å². The Morgan fingerprint density at radius 2 is 1.89 bits per heavy atom. The maximum Gasteiger partial charge on any atom is 0.100 e. The number of nitrogens with zero attached hydrogens (tertiary/aromatic N) is 1. The van der Waals surface area contributed by atoms with Crippen molar-refractivity contribution >= 4 is 41.4 Å². The van der Waals surface area contributed by atoms with Gasteiger partial charge in [0.2, 0.25) is 0 Å². The predicted molar refractivity (Wildman–Crippen MR) is 112 cm³/mol. The molecule has 2 bridgehead atoms. The van der Waals surface area contributed by atoms with Crippen molar-refractivity contribution in [3.8, 4) is 0 Å². The van der Waals surface area contributed by atoms with Crippen LogP contribution in [0.15, 0.2) is 34.7 Å². The van der Waals surface area contributed by atoms with Crippen LogP contribution in [-0.2, 0) is 12.4 Å². The molecule has 0 spiro atoms. The van der Waals surface area contributed by atoms with E-state index in [0.29, 0.717) is 40.7 Å². The van der Waals surface area contributed by atoms with Gasteiger partial charge >= 0.3 is 0 Å². The van der Waals surface area contributed by atoms with Gasteiger partial charge in [0.05, 0.1) is 11.7 Å². The number of nitrogens with two attached hydrogens (primary N) is 2. The molecule has 2 aliphatic carbocycles. The van der Waals surface area contributed by atoms with E-state index in [0.717, 1.165) is 11.3 Å². The Balaban J connectivity index is 1.68. The first kappa shape index (κ1) is 16.7. The fraction of sp³-hybridized carbons (Fsp3) is 0.381. The fourth-order valence-corrected chi connectivity index (χ4v) is 6.10. The zero-order chi connectivity index (χ0) is 18.7. The summed E-state index contributed by atoms with van der Waals surface area (Å²) in [7, 11) is 0. The Hall–Kier alpha value is -2.47. The molecule has 0 amide bonds. The van der Waals surface area contributed by atoms with Crippen molar-refractivity contribution in [1.82, 2.24) is 0 Å². The molecule has 2 saturated carbocycles. The van der Waals surface area contributed by atoms with Gasteiger partial charge in [-0.25, -0.2) is 0 Å². The molecule has 0 aromatic heterocycles. The lowest BCUT2D eigenvalue weighted by Crippen LogP contribution is -2.36. The molecule has 6 N–H and O–H groups in total. The van der Waals surface area contributed by atoms with Gasteiger partial charge in [-0.05, 0) is 78.3 Å². The van der Waals surface area contributed by atoms with Gasteiger partial charge in [-0.2, -0.15) is 4.36 Å². The highest BCUT2D eigenvalue weighted by Crippen LogP contribution is 2.64. The van der Waals surface area contributed by atoms with Crippen LogP contribution in [-0.4, -0.2) is 6.21 Å². The molecule has 138 valence electrons. The second kappa shape index (κ2) is 6.02. The first-order chi connectivity index (χ1) is 13.1. The summed E-state index contributed by atoms with van der Waals surface area (Å²) in [6.45, 7) is 0. The molecule has 2 aromatic rings. The van der Waals surface area contributed by atoms with Crippen LogP contribution in [0.5, 0.6) is 0 Å². The van der Waals surface area contributed by atoms with E-state index in [4.69, 9.17) is 29.3 Å². The van der Waals surface area contributed by atoms with E-state index in [2.05, 4.69) is 21.8 Å². The zero-order valence-corrected chi connectivity index (χ0v) is 15.8. The van der Waals surface area contributed by atoms with Gasteiger partial charge in [0, 0.05) is 35.6 Å². The van der Waals surface area contributed by atoms with Crippen LogP contribution >= 0.6 is 0 Å². The normalized spacial score (nSPS) is 30.3. The number of anilines is 3. The van der Waals surface area contributed by atoms with Crippen LogP contribution < -0.4 is 16.8 Å². The summed E-state index contributed by atoms with van der Waals surface area (Å²) in [5, 5.41) is 11.7. The van der Waals surface area contributed by atoms with E-state index < -0.39 is 0 Å². The fourth-order valence-electron chi connectivity index (χ4n) is 5.95. The lowest BCUT2D eigenvalue weighted by atomic mass is 9.67. The highest BCUT2D eigenvalue weighted by atomic mass is 32.1. The molecule has 5 unspecified atom stereocenters. The van der Waals surface area contributed by atoms with Gasteiger partial charge in [0.25, 0.3) is 0 Å². The second-order valence-corrected chi connectivity index (χ2v) is 8.32. The van der Waals surface area contributed by atoms with Crippen LogP contribution in [0.3, 0.4) is 0 Å². The number of fused-ring (bicyclic) bond motifs is 7. The maximum atomic E-state index is 7.93. The molecule has 6 heteroatoms. The molecule has 27 heavy (non-hydrogen) atoms. The van der Waals surface area contributed by atoms with E-state index in [1.165, 1.54) is 36.6 Å². The third-order valence-corrected chi connectivity index (χ3v) is 7.18. The van der Waals surface area contributed by atoms with Gasteiger partial charge in [0.15, 0.2) is 0 Å². The van der Waals surface area contributed by atoms with E-state index in [1.807, 2.05) is 18.2 Å². The Bertz CT molecular complexity index is 956. The Morgan fingerprint density at radius 3 is 2.67 bits per heavy atom. The monoisotopic (exact) mass is 377 g/mol. The van der Waals surface area contributed by atoms with Crippen molar-refractivity contribution in [2.45, 2.75) is 31.2 Å². The molecule has 0 saturated heterocycles. The van der Waals surface area contributed by atoms with Gasteiger partial charge in [-0.3, -0.25) is 0 Å². The predicted octanol–water partition coefficient (Wildman–Crippen LogP) is 4.51. The minimum absolute atomic E-state index is 0.205. The third kappa shape index (κ3) is 2.32. The standard InChI is InChI=1S/C21H23N5S/c22-9-13-14(23)5-6-16-20(13)18-10-1-2-11(7-10)19(18)21(25-16)12-3-4-15(24)17(8-12)26-27/h3-6,8-11,18-19,21-22,25H,1-2,7,23-24H2. The maximum absolute atomic E-state index is 7.93. The Kier molecular flexibility index (Phi) is 3.72. The molecule has 5 rings (SSSR count). The summed E-state index contributed by atoms with van der Waals surface area (Å²) in [6.07, 6.45) is 5.26. The molecule has 5 atom stereocenters. The van der Waals surface area contributed by atoms with Gasteiger partial charge in [-0.15, -0.1) is 0 Å². The number of hydrogen-bond acceptors (Lipinski definition) is 6. The van der Waals surface area contributed by atoms with Crippen LogP contribution in [0, 0.1) is 23.2 Å². The lowest BCUT2D eigenvalue weighted by molar-refractivity contribution is 0.247. The Morgan fingerprint density at radius 1 is 1.11 bits per heavy atom. The van der Waals surface area contributed by atoms with Gasteiger partial charge in [-0.1, -0.05) is 6.07 Å². The van der Waals surface area contributed by atoms with E-state index in [1.54, 1.807) is 0 Å². The van der Waals surface area contributed by atoms with Crippen molar-refractivity contribution in [2.75, 3.05) is 16.8 Å². The lowest BCUT2D eigenvalue weighted by Gasteiger charge is -2.44. The topological polar surface area (TPSA) is 100 Å².